The molecule has 0 spiro atoms. The van der Waals surface area contributed by atoms with Gasteiger partial charge in [0, 0.05) is 24.5 Å². The molecule has 0 saturated heterocycles. The van der Waals surface area contributed by atoms with E-state index in [2.05, 4.69) is 29.8 Å². The van der Waals surface area contributed by atoms with E-state index in [9.17, 15) is 4.79 Å². The number of aromatic nitrogens is 2. The highest BCUT2D eigenvalue weighted by Gasteiger charge is 2.63. The van der Waals surface area contributed by atoms with Crippen LogP contribution >= 0.6 is 24.8 Å². The number of benzene rings is 1. The number of halogens is 2. The first-order valence-corrected chi connectivity index (χ1v) is 9.81. The molecule has 1 aliphatic rings. The highest BCUT2D eigenvalue weighted by molar-refractivity contribution is 5.89. The number of hydrogen-bond donors (Lipinski definition) is 2. The molecule has 8 heteroatoms. The number of imidazole rings is 1. The Morgan fingerprint density at radius 3 is 2.48 bits per heavy atom. The van der Waals surface area contributed by atoms with Crippen molar-refractivity contribution in [3.63, 3.8) is 0 Å². The van der Waals surface area contributed by atoms with E-state index in [0.717, 1.165) is 16.9 Å². The number of nitrogens with zero attached hydrogens (tertiary/aromatic N) is 2. The molecule has 29 heavy (non-hydrogen) atoms. The summed E-state index contributed by atoms with van der Waals surface area (Å²) in [5.74, 6) is 0.708. The summed E-state index contributed by atoms with van der Waals surface area (Å²) in [5.41, 5.74) is 7.19. The zero-order valence-corrected chi connectivity index (χ0v) is 19.7. The summed E-state index contributed by atoms with van der Waals surface area (Å²) >= 11 is 0. The van der Waals surface area contributed by atoms with E-state index in [0.29, 0.717) is 13.0 Å². The molecular weight excluding hydrogens is 411 g/mol. The number of rotatable bonds is 6. The number of nitrogens with one attached hydrogen (secondary N) is 1. The second-order valence-electron chi connectivity index (χ2n) is 8.46. The molecule has 3 rings (SSSR count). The molecule has 6 nitrogen and oxygen atoms in total. The number of ether oxygens (including phenoxy) is 1. The summed E-state index contributed by atoms with van der Waals surface area (Å²) in [4.78, 5) is 17.8. The van der Waals surface area contributed by atoms with Gasteiger partial charge in [0.05, 0.1) is 23.2 Å². The van der Waals surface area contributed by atoms with E-state index >= 15 is 0 Å². The van der Waals surface area contributed by atoms with E-state index in [1.807, 2.05) is 45.9 Å². The maximum absolute atomic E-state index is 13.1. The fraction of sp³-hybridized carbons (Fsp3) is 0.619. The minimum atomic E-state index is -0.935. The molecule has 0 bridgehead atoms. The summed E-state index contributed by atoms with van der Waals surface area (Å²) in [5, 5.41) is 3.11. The van der Waals surface area contributed by atoms with Crippen molar-refractivity contribution in [1.82, 2.24) is 14.9 Å². The third-order valence-electron chi connectivity index (χ3n) is 6.11. The van der Waals surface area contributed by atoms with E-state index in [4.69, 9.17) is 15.5 Å². The summed E-state index contributed by atoms with van der Waals surface area (Å²) < 4.78 is 7.92. The van der Waals surface area contributed by atoms with Crippen LogP contribution in [-0.2, 0) is 9.53 Å². The van der Waals surface area contributed by atoms with Gasteiger partial charge in [-0.2, -0.15) is 0 Å². The first-order valence-electron chi connectivity index (χ1n) is 9.81. The largest absolute Gasteiger partial charge is 0.378 e. The van der Waals surface area contributed by atoms with Gasteiger partial charge in [0.2, 0.25) is 5.91 Å². The highest BCUT2D eigenvalue weighted by atomic mass is 35.5. The summed E-state index contributed by atoms with van der Waals surface area (Å²) in [6.07, 6.45) is 0.543. The van der Waals surface area contributed by atoms with Gasteiger partial charge in [-0.25, -0.2) is 4.98 Å². The molecule has 0 aliphatic heterocycles. The lowest BCUT2D eigenvalue weighted by Crippen LogP contribution is -2.75. The van der Waals surface area contributed by atoms with Crippen molar-refractivity contribution in [2.24, 2.45) is 11.1 Å². The third kappa shape index (κ3) is 4.13. The Morgan fingerprint density at radius 2 is 1.93 bits per heavy atom. The van der Waals surface area contributed by atoms with Crippen LogP contribution < -0.4 is 11.1 Å². The van der Waals surface area contributed by atoms with Crippen molar-refractivity contribution in [3.8, 4) is 0 Å². The number of carbonyl (C=O) groups is 1. The molecule has 3 N–H and O–H groups in total. The topological polar surface area (TPSA) is 82.2 Å². The highest BCUT2D eigenvalue weighted by Crippen LogP contribution is 2.50. The number of nitrogens with two attached hydrogens (primary N) is 1. The number of carbonyl (C=O) groups excluding carboxylic acids is 1. The number of fused-ring (bicyclic) bond motifs is 1. The maximum Gasteiger partial charge on any atom is 0.241 e. The van der Waals surface area contributed by atoms with Gasteiger partial charge in [0.25, 0.3) is 0 Å². The van der Waals surface area contributed by atoms with Gasteiger partial charge in [-0.15, -0.1) is 24.8 Å². The van der Waals surface area contributed by atoms with E-state index < -0.39 is 11.0 Å². The molecule has 1 aromatic carbocycles. The van der Waals surface area contributed by atoms with Crippen LogP contribution in [0.1, 0.15) is 65.9 Å². The molecule has 3 unspecified atom stereocenters. The SMILES string of the molecule is CCOC1CC(N)(C(=O)NC(C)c2nc3ccccc3n2C(C)C)C1(C)C.Cl.Cl. The fourth-order valence-corrected chi connectivity index (χ4v) is 4.12. The molecule has 1 aromatic heterocycles. The second-order valence-corrected chi connectivity index (χ2v) is 8.46. The lowest BCUT2D eigenvalue weighted by molar-refractivity contribution is -0.171. The average molecular weight is 445 g/mol. The van der Waals surface area contributed by atoms with Crippen molar-refractivity contribution in [2.45, 2.75) is 71.7 Å². The Balaban J connectivity index is 0.00000210. The molecule has 0 radical (unpaired) electrons. The first kappa shape index (κ1) is 25.7. The Hall–Kier alpha value is -1.34. The molecule has 164 valence electrons. The van der Waals surface area contributed by atoms with E-state index in [1.54, 1.807) is 0 Å². The number of hydrogen-bond acceptors (Lipinski definition) is 4. The van der Waals surface area contributed by atoms with Crippen LogP contribution in [0.5, 0.6) is 0 Å². The van der Waals surface area contributed by atoms with Crippen LogP contribution in [0, 0.1) is 5.41 Å². The van der Waals surface area contributed by atoms with Gasteiger partial charge in [0.1, 0.15) is 11.4 Å². The molecule has 1 saturated carbocycles. The molecule has 1 aliphatic carbocycles. The average Bonchev–Trinajstić information content (AvgIpc) is 3.01. The zero-order valence-electron chi connectivity index (χ0n) is 18.1. The third-order valence-corrected chi connectivity index (χ3v) is 6.11. The summed E-state index contributed by atoms with van der Waals surface area (Å²) in [6.45, 7) is 12.8. The number of para-hydroxylation sites is 2. The van der Waals surface area contributed by atoms with Gasteiger partial charge < -0.3 is 20.4 Å². The molecule has 1 heterocycles. The van der Waals surface area contributed by atoms with Crippen molar-refractivity contribution < 1.29 is 9.53 Å². The van der Waals surface area contributed by atoms with Crippen molar-refractivity contribution in [3.05, 3.63) is 30.1 Å². The monoisotopic (exact) mass is 444 g/mol. The Kier molecular flexibility index (Phi) is 8.16. The normalized spacial score (nSPS) is 23.7. The van der Waals surface area contributed by atoms with Crippen molar-refractivity contribution >= 4 is 41.8 Å². The van der Waals surface area contributed by atoms with Gasteiger partial charge in [-0.05, 0) is 39.8 Å². The van der Waals surface area contributed by atoms with E-state index in [1.165, 1.54) is 0 Å². The molecule has 3 atom stereocenters. The molecule has 2 aromatic rings. The molecule has 1 amide bonds. The Labute approximate surface area is 185 Å². The van der Waals surface area contributed by atoms with E-state index in [-0.39, 0.29) is 48.9 Å². The molecule has 1 fully saturated rings. The van der Waals surface area contributed by atoms with Gasteiger partial charge in [-0.3, -0.25) is 4.79 Å². The Morgan fingerprint density at radius 1 is 1.31 bits per heavy atom. The van der Waals surface area contributed by atoms with Gasteiger partial charge in [0.15, 0.2) is 0 Å². The fourth-order valence-electron chi connectivity index (χ4n) is 4.12. The minimum absolute atomic E-state index is 0. The summed E-state index contributed by atoms with van der Waals surface area (Å²) in [7, 11) is 0. The maximum atomic E-state index is 13.1. The zero-order chi connectivity index (χ0) is 20.0. The van der Waals surface area contributed by atoms with Crippen molar-refractivity contribution in [2.75, 3.05) is 6.61 Å². The number of amides is 1. The van der Waals surface area contributed by atoms with Gasteiger partial charge >= 0.3 is 0 Å². The van der Waals surface area contributed by atoms with Crippen LogP contribution in [0.3, 0.4) is 0 Å². The smallest absolute Gasteiger partial charge is 0.241 e. The van der Waals surface area contributed by atoms with Crippen LogP contribution in [-0.4, -0.2) is 33.7 Å². The van der Waals surface area contributed by atoms with Crippen LogP contribution in [0.15, 0.2) is 24.3 Å². The predicted molar refractivity (Wildman–Crippen MR) is 122 cm³/mol. The Bertz CT molecular complexity index is 852. The van der Waals surface area contributed by atoms with Crippen LogP contribution in [0.25, 0.3) is 11.0 Å². The standard InChI is InChI=1S/C21H32N4O2.2ClH/c1-7-27-17-12-21(22,20(17,5)6)19(26)23-14(4)18-24-15-10-8-9-11-16(15)25(18)13(2)3;;/h8-11,13-14,17H,7,12,22H2,1-6H3,(H,23,26);2*1H. The summed E-state index contributed by atoms with van der Waals surface area (Å²) in [6, 6.07) is 8.04. The lowest BCUT2D eigenvalue weighted by Gasteiger charge is -2.57. The predicted octanol–water partition coefficient (Wildman–Crippen LogP) is 4.17. The minimum Gasteiger partial charge on any atom is -0.378 e. The quantitative estimate of drug-likeness (QED) is 0.699. The van der Waals surface area contributed by atoms with Crippen LogP contribution in [0.4, 0.5) is 0 Å². The van der Waals surface area contributed by atoms with Crippen molar-refractivity contribution in [1.29, 1.82) is 0 Å². The molecular formula is C21H34Cl2N4O2. The van der Waals surface area contributed by atoms with Crippen LogP contribution in [0.2, 0.25) is 0 Å². The lowest BCUT2D eigenvalue weighted by atomic mass is 9.54. The second kappa shape index (κ2) is 9.21. The van der Waals surface area contributed by atoms with Gasteiger partial charge in [-0.1, -0.05) is 26.0 Å². The first-order chi connectivity index (χ1) is 12.6.